The Morgan fingerprint density at radius 2 is 1.89 bits per heavy atom. The lowest BCUT2D eigenvalue weighted by Crippen LogP contribution is -2.50. The minimum atomic E-state index is 0.432. The number of anilines is 1. The van der Waals surface area contributed by atoms with Crippen LogP contribution in [-0.4, -0.2) is 32.9 Å². The van der Waals surface area contributed by atoms with Gasteiger partial charge in [-0.15, -0.1) is 0 Å². The summed E-state index contributed by atoms with van der Waals surface area (Å²) in [6, 6.07) is 15.7. The summed E-state index contributed by atoms with van der Waals surface area (Å²) in [5.74, 6) is 0. The van der Waals surface area contributed by atoms with Gasteiger partial charge in [0.05, 0.1) is 11.4 Å². The van der Waals surface area contributed by atoms with Crippen LogP contribution in [0.5, 0.6) is 0 Å². The van der Waals surface area contributed by atoms with Gasteiger partial charge in [-0.05, 0) is 69.4 Å². The molecule has 3 aliphatic carbocycles. The van der Waals surface area contributed by atoms with Gasteiger partial charge in [-0.3, -0.25) is 9.67 Å². The molecule has 1 N–H and O–H groups in total. The maximum atomic E-state index is 5.13. The zero-order valence-electron chi connectivity index (χ0n) is 21.0. The highest BCUT2D eigenvalue weighted by molar-refractivity contribution is 5.64. The van der Waals surface area contributed by atoms with E-state index in [1.54, 1.807) is 0 Å². The number of fused-ring (bicyclic) bond motifs is 3. The Labute approximate surface area is 208 Å². The molecule has 0 amide bonds. The predicted molar refractivity (Wildman–Crippen MR) is 140 cm³/mol. The molecule has 182 valence electrons. The van der Waals surface area contributed by atoms with E-state index in [0.29, 0.717) is 11.0 Å². The molecular weight excluding hydrogens is 430 g/mol. The zero-order valence-corrected chi connectivity index (χ0v) is 21.0. The second-order valence-corrected chi connectivity index (χ2v) is 11.8. The summed E-state index contributed by atoms with van der Waals surface area (Å²) in [4.78, 5) is 7.14. The van der Waals surface area contributed by atoms with E-state index in [-0.39, 0.29) is 0 Å². The number of hydrogen-bond acceptors (Lipinski definition) is 4. The first-order valence-electron chi connectivity index (χ1n) is 13.7. The van der Waals surface area contributed by atoms with Crippen LogP contribution >= 0.6 is 0 Å². The summed E-state index contributed by atoms with van der Waals surface area (Å²) in [5.41, 5.74) is 8.51. The lowest BCUT2D eigenvalue weighted by atomic mass is 9.83. The molecule has 4 aliphatic rings. The van der Waals surface area contributed by atoms with Gasteiger partial charge in [0.25, 0.3) is 0 Å². The molecule has 2 bridgehead atoms. The quantitative estimate of drug-likeness (QED) is 0.508. The van der Waals surface area contributed by atoms with Crippen LogP contribution in [0.25, 0.3) is 11.3 Å². The first kappa shape index (κ1) is 21.6. The van der Waals surface area contributed by atoms with E-state index in [1.807, 2.05) is 6.20 Å². The first-order chi connectivity index (χ1) is 17.1. The largest absolute Gasteiger partial charge is 0.367 e. The highest BCUT2D eigenvalue weighted by atomic mass is 15.3. The third-order valence-corrected chi connectivity index (χ3v) is 9.59. The fourth-order valence-corrected chi connectivity index (χ4v) is 7.44. The average molecular weight is 468 g/mol. The van der Waals surface area contributed by atoms with Crippen molar-refractivity contribution in [3.63, 3.8) is 0 Å². The van der Waals surface area contributed by atoms with Crippen LogP contribution in [0.4, 0.5) is 5.69 Å². The summed E-state index contributed by atoms with van der Waals surface area (Å²) in [7, 11) is 0. The van der Waals surface area contributed by atoms with Crippen LogP contribution in [-0.2, 0) is 19.5 Å². The number of hydrogen-bond donors (Lipinski definition) is 1. The normalized spacial score (nSPS) is 27.7. The van der Waals surface area contributed by atoms with Gasteiger partial charge in [0, 0.05) is 66.3 Å². The van der Waals surface area contributed by atoms with Crippen LogP contribution in [0.3, 0.4) is 0 Å². The maximum absolute atomic E-state index is 5.13. The smallest absolute Gasteiger partial charge is 0.0722 e. The topological polar surface area (TPSA) is 46.0 Å². The van der Waals surface area contributed by atoms with Crippen molar-refractivity contribution < 1.29 is 0 Å². The molecule has 0 spiro atoms. The maximum Gasteiger partial charge on any atom is 0.0722 e. The molecule has 0 atom stereocenters. The van der Waals surface area contributed by atoms with Gasteiger partial charge in [-0.1, -0.05) is 36.8 Å². The van der Waals surface area contributed by atoms with Crippen molar-refractivity contribution in [1.29, 1.82) is 0 Å². The molecule has 0 radical (unpaired) electrons. The van der Waals surface area contributed by atoms with Gasteiger partial charge in [0.2, 0.25) is 0 Å². The first-order valence-corrected chi connectivity index (χ1v) is 13.7. The molecule has 2 aromatic heterocycles. The summed E-state index contributed by atoms with van der Waals surface area (Å²) in [6.45, 7) is 5.31. The summed E-state index contributed by atoms with van der Waals surface area (Å²) in [5, 5.41) is 9.23. The van der Waals surface area contributed by atoms with E-state index in [0.717, 1.165) is 37.8 Å². The number of rotatable bonds is 6. The van der Waals surface area contributed by atoms with E-state index in [2.05, 4.69) is 69.3 Å². The van der Waals surface area contributed by atoms with Crippen molar-refractivity contribution in [3.8, 4) is 11.3 Å². The SMILES string of the molecule is Cc1nn(CC23CCC(NC4CCC4)(CC2)C3)c2c1CN(c1ccnc(-c3ccccc3)c1)CC2. The Balaban J connectivity index is 1.09. The van der Waals surface area contributed by atoms with E-state index in [1.165, 1.54) is 79.6 Å². The third-order valence-electron chi connectivity index (χ3n) is 9.59. The molecule has 3 heterocycles. The van der Waals surface area contributed by atoms with E-state index >= 15 is 0 Å². The molecule has 3 fully saturated rings. The highest BCUT2D eigenvalue weighted by Crippen LogP contribution is 2.58. The van der Waals surface area contributed by atoms with Gasteiger partial charge < -0.3 is 10.2 Å². The molecule has 3 saturated carbocycles. The molecule has 5 nitrogen and oxygen atoms in total. The molecule has 0 saturated heterocycles. The van der Waals surface area contributed by atoms with Gasteiger partial charge in [-0.2, -0.15) is 5.10 Å². The summed E-state index contributed by atoms with van der Waals surface area (Å²) < 4.78 is 2.43. The van der Waals surface area contributed by atoms with Gasteiger partial charge >= 0.3 is 0 Å². The Kier molecular flexibility index (Phi) is 5.06. The Morgan fingerprint density at radius 3 is 2.66 bits per heavy atom. The van der Waals surface area contributed by atoms with Gasteiger partial charge in [0.1, 0.15) is 0 Å². The number of nitrogens with one attached hydrogen (secondary N) is 1. The van der Waals surface area contributed by atoms with Crippen molar-refractivity contribution in [3.05, 3.63) is 65.6 Å². The summed E-state index contributed by atoms with van der Waals surface area (Å²) in [6.07, 6.45) is 14.0. The zero-order chi connectivity index (χ0) is 23.5. The van der Waals surface area contributed by atoms with Crippen LogP contribution in [0.15, 0.2) is 48.7 Å². The van der Waals surface area contributed by atoms with Crippen LogP contribution < -0.4 is 10.2 Å². The molecule has 1 aliphatic heterocycles. The minimum absolute atomic E-state index is 0.432. The van der Waals surface area contributed by atoms with Crippen molar-refractivity contribution in [2.24, 2.45) is 5.41 Å². The lowest BCUT2D eigenvalue weighted by molar-refractivity contribution is 0.219. The molecule has 5 heteroatoms. The molecular formula is C30H37N5. The number of nitrogens with zero attached hydrogens (tertiary/aromatic N) is 4. The van der Waals surface area contributed by atoms with Crippen LogP contribution in [0.1, 0.15) is 68.3 Å². The van der Waals surface area contributed by atoms with Crippen LogP contribution in [0, 0.1) is 12.3 Å². The fraction of sp³-hybridized carbons (Fsp3) is 0.533. The second-order valence-electron chi connectivity index (χ2n) is 11.8. The Morgan fingerprint density at radius 1 is 1.06 bits per heavy atom. The second kappa shape index (κ2) is 8.19. The molecule has 1 aromatic carbocycles. The minimum Gasteiger partial charge on any atom is -0.367 e. The molecule has 3 aromatic rings. The highest BCUT2D eigenvalue weighted by Gasteiger charge is 2.55. The number of pyridine rings is 1. The standard InChI is InChI=1S/C30H37N5/c1-22-26-19-34(25-10-16-31-27(18-25)23-6-3-2-4-7-23)17-11-28(26)35(33-22)21-29-12-14-30(20-29,15-13-29)32-24-8-5-9-24/h2-4,6-7,10,16,18,24,32H,5,8-9,11-15,17,19-21H2,1H3. The number of aromatic nitrogens is 3. The fourth-order valence-electron chi connectivity index (χ4n) is 7.44. The van der Waals surface area contributed by atoms with Gasteiger partial charge in [0.15, 0.2) is 0 Å². The number of benzene rings is 1. The lowest BCUT2D eigenvalue weighted by Gasteiger charge is -2.37. The van der Waals surface area contributed by atoms with Crippen LogP contribution in [0.2, 0.25) is 0 Å². The van der Waals surface area contributed by atoms with Crippen molar-refractivity contribution in [2.45, 2.75) is 89.4 Å². The molecule has 7 rings (SSSR count). The van der Waals surface area contributed by atoms with Crippen molar-refractivity contribution in [2.75, 3.05) is 11.4 Å². The van der Waals surface area contributed by atoms with E-state index in [4.69, 9.17) is 5.10 Å². The average Bonchev–Trinajstić information content (AvgIpc) is 3.52. The van der Waals surface area contributed by atoms with E-state index in [9.17, 15) is 0 Å². The number of aryl methyl sites for hydroxylation is 1. The van der Waals surface area contributed by atoms with Gasteiger partial charge in [-0.25, -0.2) is 0 Å². The predicted octanol–water partition coefficient (Wildman–Crippen LogP) is 5.66. The molecule has 0 unspecified atom stereocenters. The van der Waals surface area contributed by atoms with E-state index < -0.39 is 0 Å². The monoisotopic (exact) mass is 467 g/mol. The molecule has 35 heavy (non-hydrogen) atoms. The van der Waals surface area contributed by atoms with Crippen molar-refractivity contribution in [1.82, 2.24) is 20.1 Å². The third kappa shape index (κ3) is 3.79. The summed E-state index contributed by atoms with van der Waals surface area (Å²) >= 11 is 0. The van der Waals surface area contributed by atoms with Crippen molar-refractivity contribution >= 4 is 5.69 Å². The Hall–Kier alpha value is -2.66. The Bertz CT molecular complexity index is 1220.